The van der Waals surface area contributed by atoms with Gasteiger partial charge in [0.25, 0.3) is 0 Å². The fourth-order valence-electron chi connectivity index (χ4n) is 2.09. The van der Waals surface area contributed by atoms with Crippen molar-refractivity contribution in [2.24, 2.45) is 7.05 Å². The molecule has 0 radical (unpaired) electrons. The highest BCUT2D eigenvalue weighted by atomic mass is 16.6. The van der Waals surface area contributed by atoms with Crippen molar-refractivity contribution < 1.29 is 24.2 Å². The number of imide groups is 1. The summed E-state index contributed by atoms with van der Waals surface area (Å²) in [5.41, 5.74) is -0.405. The molecule has 0 aliphatic carbocycles. The van der Waals surface area contributed by atoms with Gasteiger partial charge in [-0.15, -0.1) is 0 Å². The second-order valence-corrected chi connectivity index (χ2v) is 6.04. The molecule has 1 aromatic rings. The maximum absolute atomic E-state index is 12.1. The molecule has 2 N–H and O–H groups in total. The molecule has 0 saturated carbocycles. The number of hydrogen-bond donors (Lipinski definition) is 2. The van der Waals surface area contributed by atoms with Gasteiger partial charge in [0, 0.05) is 13.6 Å². The second-order valence-electron chi connectivity index (χ2n) is 6.04. The van der Waals surface area contributed by atoms with Crippen molar-refractivity contribution in [1.29, 1.82) is 0 Å². The lowest BCUT2D eigenvalue weighted by Crippen LogP contribution is -2.36. The van der Waals surface area contributed by atoms with Gasteiger partial charge in [-0.3, -0.25) is 14.9 Å². The van der Waals surface area contributed by atoms with E-state index in [0.29, 0.717) is 4.90 Å². The number of aryl methyl sites for hydroxylation is 1. The van der Waals surface area contributed by atoms with Gasteiger partial charge in [0.05, 0.1) is 12.7 Å². The smallest absolute Gasteiger partial charge is 0.415 e. The quantitative estimate of drug-likeness (QED) is 0.854. The third-order valence-corrected chi connectivity index (χ3v) is 2.94. The van der Waals surface area contributed by atoms with E-state index in [1.165, 1.54) is 15.8 Å². The topological polar surface area (TPSA) is 117 Å². The van der Waals surface area contributed by atoms with Crippen LogP contribution in [0.5, 0.6) is 0 Å². The molecule has 126 valence electrons. The van der Waals surface area contributed by atoms with Crippen LogP contribution in [0.2, 0.25) is 0 Å². The first kappa shape index (κ1) is 16.6. The third kappa shape index (κ3) is 3.71. The summed E-state index contributed by atoms with van der Waals surface area (Å²) in [6.07, 6.45) is -0.501. The highest BCUT2D eigenvalue weighted by molar-refractivity contribution is 6.04. The number of carbonyl (C=O) groups excluding carboxylic acids is 2. The molecule has 0 aromatic carbocycles. The number of carboxylic acid groups (broad SMARTS) is 1. The molecule has 0 unspecified atom stereocenters. The van der Waals surface area contributed by atoms with E-state index in [0.717, 1.165) is 0 Å². The Morgan fingerprint density at radius 2 is 2.00 bits per heavy atom. The van der Waals surface area contributed by atoms with E-state index in [1.807, 2.05) is 0 Å². The number of ether oxygens (including phenoxy) is 1. The fourth-order valence-corrected chi connectivity index (χ4v) is 2.09. The summed E-state index contributed by atoms with van der Waals surface area (Å²) >= 11 is 0. The Hall–Kier alpha value is -2.78. The van der Waals surface area contributed by atoms with Crippen molar-refractivity contribution in [2.45, 2.75) is 26.4 Å². The fraction of sp³-hybridized carbons (Fsp3) is 0.538. The van der Waals surface area contributed by atoms with Crippen LogP contribution in [0.4, 0.5) is 25.9 Å². The van der Waals surface area contributed by atoms with Crippen LogP contribution >= 0.6 is 0 Å². The largest absolute Gasteiger partial charge is 0.465 e. The monoisotopic (exact) mass is 325 g/mol. The molecule has 10 heteroatoms. The maximum atomic E-state index is 12.1. The Morgan fingerprint density at radius 3 is 2.52 bits per heavy atom. The van der Waals surface area contributed by atoms with E-state index in [9.17, 15) is 14.4 Å². The number of nitrogens with one attached hydrogen (secondary N) is 1. The minimum absolute atomic E-state index is 0.0383. The van der Waals surface area contributed by atoms with Gasteiger partial charge >= 0.3 is 18.2 Å². The van der Waals surface area contributed by atoms with Crippen LogP contribution in [-0.4, -0.2) is 56.7 Å². The Kier molecular flexibility index (Phi) is 4.17. The number of carbonyl (C=O) groups is 3. The summed E-state index contributed by atoms with van der Waals surface area (Å²) in [4.78, 5) is 36.8. The first-order valence-corrected chi connectivity index (χ1v) is 6.94. The van der Waals surface area contributed by atoms with Crippen LogP contribution in [0.25, 0.3) is 0 Å². The first-order valence-electron chi connectivity index (χ1n) is 6.94. The van der Waals surface area contributed by atoms with Crippen LogP contribution in [0.3, 0.4) is 0 Å². The molecular weight excluding hydrogens is 306 g/mol. The molecule has 4 amide bonds. The highest BCUT2D eigenvalue weighted by Gasteiger charge is 2.36. The van der Waals surface area contributed by atoms with Gasteiger partial charge in [-0.05, 0) is 20.8 Å². The molecule has 1 saturated heterocycles. The molecule has 1 aliphatic heterocycles. The molecule has 0 atom stereocenters. The van der Waals surface area contributed by atoms with E-state index in [1.54, 1.807) is 27.8 Å². The minimum Gasteiger partial charge on any atom is -0.465 e. The number of urea groups is 1. The van der Waals surface area contributed by atoms with Crippen molar-refractivity contribution in [2.75, 3.05) is 23.3 Å². The van der Waals surface area contributed by atoms with Gasteiger partial charge in [-0.25, -0.2) is 19.3 Å². The summed E-state index contributed by atoms with van der Waals surface area (Å²) in [7, 11) is 1.62. The van der Waals surface area contributed by atoms with Crippen molar-refractivity contribution in [3.63, 3.8) is 0 Å². The molecule has 1 aromatic heterocycles. The molecule has 1 fully saturated rings. The molecule has 0 bridgehead atoms. The Morgan fingerprint density at radius 1 is 1.35 bits per heavy atom. The molecule has 23 heavy (non-hydrogen) atoms. The number of nitrogens with zero attached hydrogens (tertiary/aromatic N) is 4. The van der Waals surface area contributed by atoms with Crippen LogP contribution in [0.15, 0.2) is 6.20 Å². The van der Waals surface area contributed by atoms with Crippen molar-refractivity contribution in [1.82, 2.24) is 14.7 Å². The van der Waals surface area contributed by atoms with Gasteiger partial charge in [-0.2, -0.15) is 5.10 Å². The summed E-state index contributed by atoms with van der Waals surface area (Å²) in [5.74, 6) is 0.173. The number of rotatable bonds is 2. The summed E-state index contributed by atoms with van der Waals surface area (Å²) in [5, 5.41) is 15.6. The lowest BCUT2D eigenvalue weighted by molar-refractivity contribution is 0.0635. The normalized spacial score (nSPS) is 15.0. The van der Waals surface area contributed by atoms with Gasteiger partial charge in [0.1, 0.15) is 11.3 Å². The zero-order valence-electron chi connectivity index (χ0n) is 13.4. The Balaban J connectivity index is 2.20. The van der Waals surface area contributed by atoms with E-state index < -0.39 is 23.8 Å². The Bertz CT molecular complexity index is 648. The van der Waals surface area contributed by atoms with Crippen LogP contribution < -0.4 is 10.2 Å². The van der Waals surface area contributed by atoms with Crippen molar-refractivity contribution in [3.05, 3.63) is 6.20 Å². The lowest BCUT2D eigenvalue weighted by Gasteiger charge is -2.20. The number of anilines is 2. The molecule has 2 heterocycles. The minimum atomic E-state index is -1.32. The predicted molar refractivity (Wildman–Crippen MR) is 80.5 cm³/mol. The molecule has 0 spiro atoms. The van der Waals surface area contributed by atoms with Gasteiger partial charge in [0.15, 0.2) is 5.82 Å². The Labute approximate surface area is 132 Å². The van der Waals surface area contributed by atoms with Crippen LogP contribution in [0.1, 0.15) is 20.8 Å². The molecule has 10 nitrogen and oxygen atoms in total. The van der Waals surface area contributed by atoms with E-state index >= 15 is 0 Å². The zero-order chi connectivity index (χ0) is 17.4. The number of hydrogen-bond acceptors (Lipinski definition) is 5. The summed E-state index contributed by atoms with van der Waals surface area (Å²) in [6.45, 7) is 5.38. The van der Waals surface area contributed by atoms with Gasteiger partial charge < -0.3 is 9.84 Å². The molecule has 1 aliphatic rings. The van der Waals surface area contributed by atoms with Crippen molar-refractivity contribution >= 4 is 29.7 Å². The van der Waals surface area contributed by atoms with Crippen molar-refractivity contribution in [3.8, 4) is 0 Å². The standard InChI is InChI=1S/C13H19N5O5/c1-13(2,3)23-10(19)14-8-7-16(4)15-9(8)17-5-6-18(11(17)20)12(21)22/h7H,5-6H2,1-4H3,(H,14,19)(H,21,22). The van der Waals surface area contributed by atoms with Crippen LogP contribution in [-0.2, 0) is 11.8 Å². The summed E-state index contributed by atoms with van der Waals surface area (Å²) < 4.78 is 6.58. The molecular formula is C13H19N5O5. The zero-order valence-corrected chi connectivity index (χ0v) is 13.4. The van der Waals surface area contributed by atoms with Crippen LogP contribution in [0, 0.1) is 0 Å². The number of aromatic nitrogens is 2. The van der Waals surface area contributed by atoms with E-state index in [2.05, 4.69) is 10.4 Å². The highest BCUT2D eigenvalue weighted by Crippen LogP contribution is 2.27. The second kappa shape index (κ2) is 5.78. The first-order chi connectivity index (χ1) is 10.6. The summed E-state index contributed by atoms with van der Waals surface area (Å²) in [6, 6.07) is -0.705. The average Bonchev–Trinajstić information content (AvgIpc) is 2.90. The maximum Gasteiger partial charge on any atom is 0.415 e. The number of amides is 4. The van der Waals surface area contributed by atoms with E-state index in [4.69, 9.17) is 9.84 Å². The predicted octanol–water partition coefficient (Wildman–Crippen LogP) is 1.69. The molecule has 2 rings (SSSR count). The third-order valence-electron chi connectivity index (χ3n) is 2.94. The van der Waals surface area contributed by atoms with Gasteiger partial charge in [0.2, 0.25) is 0 Å². The average molecular weight is 325 g/mol. The van der Waals surface area contributed by atoms with Gasteiger partial charge in [-0.1, -0.05) is 0 Å². The van der Waals surface area contributed by atoms with E-state index in [-0.39, 0.29) is 24.6 Å². The lowest BCUT2D eigenvalue weighted by atomic mass is 10.2. The SMILES string of the molecule is Cn1cc(NC(=O)OC(C)(C)C)c(N2CCN(C(=O)O)C2=O)n1.